The molecule has 0 heterocycles. The first-order chi connectivity index (χ1) is 9.13. The maximum absolute atomic E-state index is 13.8. The first-order valence-corrected chi connectivity index (χ1v) is 6.05. The van der Waals surface area contributed by atoms with E-state index in [9.17, 15) is 9.18 Å². The molecule has 2 N–H and O–H groups in total. The molecule has 0 aromatic heterocycles. The van der Waals surface area contributed by atoms with Crippen molar-refractivity contribution < 1.29 is 9.18 Å². The summed E-state index contributed by atoms with van der Waals surface area (Å²) in [6, 6.07) is 12.8. The molecule has 0 saturated heterocycles. The molecule has 0 aliphatic carbocycles. The molecule has 98 valence electrons. The molecule has 0 aliphatic rings. The Kier molecular flexibility index (Phi) is 3.80. The van der Waals surface area contributed by atoms with Crippen molar-refractivity contribution in [1.29, 1.82) is 0 Å². The Balaban J connectivity index is 2.35. The molecule has 2 rings (SSSR count). The van der Waals surface area contributed by atoms with Gasteiger partial charge in [0.1, 0.15) is 5.82 Å². The van der Waals surface area contributed by atoms with Crippen molar-refractivity contribution in [1.82, 2.24) is 0 Å². The molecular formula is C15H15FN2O. The Bertz CT molecular complexity index is 581. The quantitative estimate of drug-likeness (QED) is 0.860. The summed E-state index contributed by atoms with van der Waals surface area (Å²) in [5.74, 6) is -0.652. The van der Waals surface area contributed by atoms with Gasteiger partial charge in [0.05, 0.1) is 5.69 Å². The minimum Gasteiger partial charge on any atom is -0.399 e. The zero-order chi connectivity index (χ0) is 13.8. The monoisotopic (exact) mass is 258 g/mol. The summed E-state index contributed by atoms with van der Waals surface area (Å²) in [5, 5.41) is 0. The number of para-hydroxylation sites is 1. The van der Waals surface area contributed by atoms with Crippen LogP contribution >= 0.6 is 0 Å². The van der Waals surface area contributed by atoms with Gasteiger partial charge in [-0.3, -0.25) is 4.79 Å². The predicted octanol–water partition coefficient (Wildman–Crippen LogP) is 3.07. The molecule has 0 atom stereocenters. The fourth-order valence-electron chi connectivity index (χ4n) is 1.88. The third kappa shape index (κ3) is 2.73. The smallest absolute Gasteiger partial charge is 0.258 e. The molecule has 2 aromatic rings. The molecule has 0 bridgehead atoms. The highest BCUT2D eigenvalue weighted by Crippen LogP contribution is 2.21. The average molecular weight is 258 g/mol. The molecule has 0 spiro atoms. The molecule has 2 aromatic carbocycles. The van der Waals surface area contributed by atoms with E-state index in [0.717, 1.165) is 0 Å². The first-order valence-electron chi connectivity index (χ1n) is 6.05. The van der Waals surface area contributed by atoms with Crippen molar-refractivity contribution in [3.8, 4) is 0 Å². The van der Waals surface area contributed by atoms with Crippen LogP contribution in [0.2, 0.25) is 0 Å². The number of anilines is 2. The second-order valence-electron chi connectivity index (χ2n) is 4.12. The lowest BCUT2D eigenvalue weighted by molar-refractivity contribution is 0.0987. The normalized spacial score (nSPS) is 10.2. The second-order valence-corrected chi connectivity index (χ2v) is 4.12. The number of nitrogens with two attached hydrogens (primary N) is 1. The number of hydrogen-bond donors (Lipinski definition) is 1. The van der Waals surface area contributed by atoms with Gasteiger partial charge in [0.25, 0.3) is 5.91 Å². The van der Waals surface area contributed by atoms with E-state index in [-0.39, 0.29) is 11.6 Å². The summed E-state index contributed by atoms with van der Waals surface area (Å²) in [6.45, 7) is 2.20. The van der Waals surface area contributed by atoms with Crippen molar-refractivity contribution in [2.75, 3.05) is 17.2 Å². The summed E-state index contributed by atoms with van der Waals surface area (Å²) in [4.78, 5) is 13.8. The predicted molar refractivity (Wildman–Crippen MR) is 74.6 cm³/mol. The summed E-state index contributed by atoms with van der Waals surface area (Å²) < 4.78 is 13.8. The SMILES string of the molecule is CCN(C(=O)c1ccc(N)cc1)c1ccccc1F. The van der Waals surface area contributed by atoms with Crippen LogP contribution in [0.1, 0.15) is 17.3 Å². The molecule has 4 heteroatoms. The Morgan fingerprint density at radius 3 is 2.37 bits per heavy atom. The van der Waals surface area contributed by atoms with E-state index in [4.69, 9.17) is 5.73 Å². The molecule has 0 radical (unpaired) electrons. The maximum Gasteiger partial charge on any atom is 0.258 e. The second kappa shape index (κ2) is 5.52. The summed E-state index contributed by atoms with van der Waals surface area (Å²) >= 11 is 0. The van der Waals surface area contributed by atoms with Crippen molar-refractivity contribution in [2.24, 2.45) is 0 Å². The lowest BCUT2D eigenvalue weighted by Crippen LogP contribution is -2.31. The average Bonchev–Trinajstić information content (AvgIpc) is 2.42. The van der Waals surface area contributed by atoms with E-state index >= 15 is 0 Å². The van der Waals surface area contributed by atoms with E-state index in [1.54, 1.807) is 42.5 Å². The van der Waals surface area contributed by atoms with E-state index in [0.29, 0.717) is 17.8 Å². The van der Waals surface area contributed by atoms with E-state index in [1.807, 2.05) is 6.92 Å². The number of hydrogen-bond acceptors (Lipinski definition) is 2. The minimum atomic E-state index is -0.409. The summed E-state index contributed by atoms with van der Waals surface area (Å²) in [6.07, 6.45) is 0. The Hall–Kier alpha value is -2.36. The molecule has 0 unspecified atom stereocenters. The number of benzene rings is 2. The van der Waals surface area contributed by atoms with Crippen LogP contribution in [0, 0.1) is 5.82 Å². The molecule has 0 fully saturated rings. The van der Waals surface area contributed by atoms with Crippen molar-refractivity contribution in [3.63, 3.8) is 0 Å². The lowest BCUT2D eigenvalue weighted by Gasteiger charge is -2.21. The van der Waals surface area contributed by atoms with Crippen molar-refractivity contribution >= 4 is 17.3 Å². The maximum atomic E-state index is 13.8. The number of carbonyl (C=O) groups excluding carboxylic acids is 1. The topological polar surface area (TPSA) is 46.3 Å². The molecule has 0 aliphatic heterocycles. The molecular weight excluding hydrogens is 243 g/mol. The number of nitrogen functional groups attached to an aromatic ring is 1. The van der Waals surface area contributed by atoms with Gasteiger partial charge in [0.15, 0.2) is 0 Å². The van der Waals surface area contributed by atoms with Gasteiger partial charge < -0.3 is 10.6 Å². The van der Waals surface area contributed by atoms with E-state index < -0.39 is 5.82 Å². The fourth-order valence-corrected chi connectivity index (χ4v) is 1.88. The van der Waals surface area contributed by atoms with Gasteiger partial charge in [0.2, 0.25) is 0 Å². The van der Waals surface area contributed by atoms with E-state index in [1.165, 1.54) is 11.0 Å². The van der Waals surface area contributed by atoms with Gasteiger partial charge in [-0.05, 0) is 43.3 Å². The largest absolute Gasteiger partial charge is 0.399 e. The fraction of sp³-hybridized carbons (Fsp3) is 0.133. The molecule has 1 amide bonds. The van der Waals surface area contributed by atoms with Gasteiger partial charge in [-0.25, -0.2) is 4.39 Å². The third-order valence-corrected chi connectivity index (χ3v) is 2.86. The van der Waals surface area contributed by atoms with Gasteiger partial charge in [-0.1, -0.05) is 12.1 Å². The van der Waals surface area contributed by atoms with Crippen LogP contribution < -0.4 is 10.6 Å². The zero-order valence-corrected chi connectivity index (χ0v) is 10.6. The Morgan fingerprint density at radius 2 is 1.79 bits per heavy atom. The number of amides is 1. The molecule has 3 nitrogen and oxygen atoms in total. The van der Waals surface area contributed by atoms with Gasteiger partial charge in [-0.2, -0.15) is 0 Å². The van der Waals surface area contributed by atoms with Crippen molar-refractivity contribution in [2.45, 2.75) is 6.92 Å². The van der Waals surface area contributed by atoms with Gasteiger partial charge in [0, 0.05) is 17.8 Å². The third-order valence-electron chi connectivity index (χ3n) is 2.86. The Morgan fingerprint density at radius 1 is 1.16 bits per heavy atom. The van der Waals surface area contributed by atoms with Crippen LogP contribution in [-0.4, -0.2) is 12.5 Å². The van der Waals surface area contributed by atoms with Crippen LogP contribution in [0.3, 0.4) is 0 Å². The van der Waals surface area contributed by atoms with Crippen molar-refractivity contribution in [3.05, 3.63) is 59.9 Å². The van der Waals surface area contributed by atoms with Gasteiger partial charge in [-0.15, -0.1) is 0 Å². The molecule has 19 heavy (non-hydrogen) atoms. The van der Waals surface area contributed by atoms with Crippen LogP contribution in [-0.2, 0) is 0 Å². The highest BCUT2D eigenvalue weighted by atomic mass is 19.1. The lowest BCUT2D eigenvalue weighted by atomic mass is 10.1. The van der Waals surface area contributed by atoms with Crippen LogP contribution in [0.15, 0.2) is 48.5 Å². The first kappa shape index (κ1) is 13.1. The van der Waals surface area contributed by atoms with Crippen LogP contribution in [0.4, 0.5) is 15.8 Å². The number of halogens is 1. The number of nitrogens with zero attached hydrogens (tertiary/aromatic N) is 1. The highest BCUT2D eigenvalue weighted by Gasteiger charge is 2.18. The minimum absolute atomic E-state index is 0.243. The standard InChI is InChI=1S/C15H15FN2O/c1-2-18(14-6-4-3-5-13(14)16)15(19)11-7-9-12(17)10-8-11/h3-10H,2,17H2,1H3. The Labute approximate surface area is 111 Å². The highest BCUT2D eigenvalue weighted by molar-refractivity contribution is 6.06. The number of rotatable bonds is 3. The summed E-state index contributed by atoms with van der Waals surface area (Å²) in [5.41, 5.74) is 6.94. The van der Waals surface area contributed by atoms with Crippen LogP contribution in [0.5, 0.6) is 0 Å². The number of carbonyl (C=O) groups is 1. The van der Waals surface area contributed by atoms with E-state index in [2.05, 4.69) is 0 Å². The van der Waals surface area contributed by atoms with Gasteiger partial charge >= 0.3 is 0 Å². The molecule has 0 saturated carbocycles. The zero-order valence-electron chi connectivity index (χ0n) is 10.6. The van der Waals surface area contributed by atoms with Crippen LogP contribution in [0.25, 0.3) is 0 Å². The summed E-state index contributed by atoms with van der Waals surface area (Å²) in [7, 11) is 0.